The lowest BCUT2D eigenvalue weighted by molar-refractivity contribution is -0.131. The topological polar surface area (TPSA) is 46.3 Å². The zero-order valence-electron chi connectivity index (χ0n) is 13.1. The molecule has 1 atom stereocenters. The van der Waals surface area contributed by atoms with Gasteiger partial charge in [0.25, 0.3) is 0 Å². The third kappa shape index (κ3) is 3.24. The minimum absolute atomic E-state index is 0.0535. The van der Waals surface area contributed by atoms with E-state index in [1.54, 1.807) is 6.07 Å². The molecule has 0 spiro atoms. The fourth-order valence-corrected chi connectivity index (χ4v) is 3.44. The van der Waals surface area contributed by atoms with Crippen molar-refractivity contribution in [2.75, 3.05) is 6.54 Å². The summed E-state index contributed by atoms with van der Waals surface area (Å²) in [6.07, 6.45) is 2.24. The Morgan fingerprint density at radius 3 is 2.78 bits per heavy atom. The van der Waals surface area contributed by atoms with Crippen molar-refractivity contribution in [3.05, 3.63) is 50.8 Å². The molecule has 23 heavy (non-hydrogen) atoms. The van der Waals surface area contributed by atoms with Crippen molar-refractivity contribution in [1.82, 2.24) is 10.1 Å². The van der Waals surface area contributed by atoms with Crippen LogP contribution < -0.4 is 0 Å². The molecule has 0 N–H and O–H groups in total. The van der Waals surface area contributed by atoms with Crippen LogP contribution in [0, 0.1) is 13.8 Å². The van der Waals surface area contributed by atoms with E-state index in [4.69, 9.17) is 27.7 Å². The summed E-state index contributed by atoms with van der Waals surface area (Å²) in [4.78, 5) is 14.7. The molecule has 1 saturated heterocycles. The number of aromatic nitrogens is 1. The van der Waals surface area contributed by atoms with E-state index in [9.17, 15) is 4.79 Å². The lowest BCUT2D eigenvalue weighted by Crippen LogP contribution is -2.32. The van der Waals surface area contributed by atoms with Gasteiger partial charge < -0.3 is 9.42 Å². The summed E-state index contributed by atoms with van der Waals surface area (Å²) < 4.78 is 5.15. The van der Waals surface area contributed by atoms with Gasteiger partial charge >= 0.3 is 0 Å². The number of carbonyl (C=O) groups excluding carboxylic acids is 1. The zero-order chi connectivity index (χ0) is 16.6. The lowest BCUT2D eigenvalue weighted by Gasteiger charge is -2.25. The van der Waals surface area contributed by atoms with E-state index in [-0.39, 0.29) is 11.9 Å². The maximum absolute atomic E-state index is 12.8. The summed E-state index contributed by atoms with van der Waals surface area (Å²) in [7, 11) is 0. The molecule has 0 unspecified atom stereocenters. The third-order valence-electron chi connectivity index (χ3n) is 4.41. The van der Waals surface area contributed by atoms with E-state index in [1.807, 2.05) is 30.9 Å². The second-order valence-corrected chi connectivity index (χ2v) is 6.71. The van der Waals surface area contributed by atoms with Gasteiger partial charge in [-0.1, -0.05) is 34.4 Å². The maximum Gasteiger partial charge on any atom is 0.227 e. The van der Waals surface area contributed by atoms with Crippen LogP contribution in [0.5, 0.6) is 0 Å². The molecule has 4 nitrogen and oxygen atoms in total. The Kier molecular flexibility index (Phi) is 4.64. The molecule has 0 saturated carbocycles. The standard InChI is InChI=1S/C17H18Cl2N2O2/c1-10-13(11(2)23-20-10)9-17(22)21-7-3-4-16(21)12-5-6-14(18)15(19)8-12/h5-6,8,16H,3-4,7,9H2,1-2H3/t16-/m0/s1. The number of carbonyl (C=O) groups is 1. The first-order valence-electron chi connectivity index (χ1n) is 7.63. The van der Waals surface area contributed by atoms with Crippen LogP contribution in [0.3, 0.4) is 0 Å². The van der Waals surface area contributed by atoms with E-state index >= 15 is 0 Å². The molecule has 1 aromatic carbocycles. The first-order chi connectivity index (χ1) is 11.0. The van der Waals surface area contributed by atoms with E-state index in [0.29, 0.717) is 22.2 Å². The molecule has 1 aromatic heterocycles. The molecule has 0 aliphatic carbocycles. The largest absolute Gasteiger partial charge is 0.361 e. The highest BCUT2D eigenvalue weighted by atomic mass is 35.5. The number of amides is 1. The fourth-order valence-electron chi connectivity index (χ4n) is 3.14. The van der Waals surface area contributed by atoms with Crippen LogP contribution in [0.1, 0.15) is 41.5 Å². The highest BCUT2D eigenvalue weighted by Crippen LogP contribution is 2.35. The van der Waals surface area contributed by atoms with Gasteiger partial charge in [0.2, 0.25) is 5.91 Å². The number of nitrogens with zero attached hydrogens (tertiary/aromatic N) is 2. The highest BCUT2D eigenvalue weighted by Gasteiger charge is 2.31. The molecule has 3 rings (SSSR count). The average Bonchev–Trinajstić information content (AvgIpc) is 3.12. The van der Waals surface area contributed by atoms with Gasteiger partial charge in [0.05, 0.1) is 28.2 Å². The van der Waals surface area contributed by atoms with Crippen LogP contribution in [-0.4, -0.2) is 22.5 Å². The number of likely N-dealkylation sites (tertiary alicyclic amines) is 1. The Balaban J connectivity index is 1.81. The average molecular weight is 353 g/mol. The Hall–Kier alpha value is -1.52. The van der Waals surface area contributed by atoms with Crippen molar-refractivity contribution in [2.24, 2.45) is 0 Å². The van der Waals surface area contributed by atoms with Crippen molar-refractivity contribution in [1.29, 1.82) is 0 Å². The fraction of sp³-hybridized carbons (Fsp3) is 0.412. The predicted octanol–water partition coefficient (Wildman–Crippen LogP) is 4.50. The number of hydrogen-bond acceptors (Lipinski definition) is 3. The Morgan fingerprint density at radius 2 is 2.13 bits per heavy atom. The van der Waals surface area contributed by atoms with Crippen molar-refractivity contribution in [2.45, 2.75) is 39.2 Å². The van der Waals surface area contributed by atoms with Crippen molar-refractivity contribution >= 4 is 29.1 Å². The summed E-state index contributed by atoms with van der Waals surface area (Å²) in [5, 5.41) is 4.97. The molecule has 2 heterocycles. The van der Waals surface area contributed by atoms with E-state index in [2.05, 4.69) is 5.16 Å². The number of aryl methyl sites for hydroxylation is 2. The van der Waals surface area contributed by atoms with Gasteiger partial charge in [-0.15, -0.1) is 0 Å². The number of benzene rings is 1. The Bertz CT molecular complexity index is 723. The third-order valence-corrected chi connectivity index (χ3v) is 5.15. The van der Waals surface area contributed by atoms with E-state index in [0.717, 1.165) is 36.2 Å². The quantitative estimate of drug-likeness (QED) is 0.816. The summed E-state index contributed by atoms with van der Waals surface area (Å²) >= 11 is 12.1. The molecule has 1 aliphatic heterocycles. The second-order valence-electron chi connectivity index (χ2n) is 5.90. The van der Waals surface area contributed by atoms with Gasteiger partial charge in [-0.2, -0.15) is 0 Å². The number of halogens is 2. The van der Waals surface area contributed by atoms with Gasteiger partial charge in [0, 0.05) is 12.1 Å². The lowest BCUT2D eigenvalue weighted by atomic mass is 10.0. The zero-order valence-corrected chi connectivity index (χ0v) is 14.6. The molecule has 122 valence electrons. The normalized spacial score (nSPS) is 17.7. The first kappa shape index (κ1) is 16.3. The van der Waals surface area contributed by atoms with Crippen molar-refractivity contribution in [3.63, 3.8) is 0 Å². The SMILES string of the molecule is Cc1noc(C)c1CC(=O)N1CCC[C@H]1c1ccc(Cl)c(Cl)c1. The molecule has 0 radical (unpaired) electrons. The van der Waals surface area contributed by atoms with Gasteiger partial charge in [-0.25, -0.2) is 0 Å². The first-order valence-corrected chi connectivity index (χ1v) is 8.39. The van der Waals surface area contributed by atoms with Gasteiger partial charge in [-0.3, -0.25) is 4.79 Å². The van der Waals surface area contributed by atoms with Crippen LogP contribution >= 0.6 is 23.2 Å². The molecule has 1 fully saturated rings. The van der Waals surface area contributed by atoms with E-state index < -0.39 is 0 Å². The molecule has 1 amide bonds. The summed E-state index contributed by atoms with van der Waals surface area (Å²) in [6, 6.07) is 5.64. The van der Waals surface area contributed by atoms with Crippen molar-refractivity contribution in [3.8, 4) is 0 Å². The molecular weight excluding hydrogens is 335 g/mol. The molecule has 6 heteroatoms. The van der Waals surface area contributed by atoms with E-state index in [1.165, 1.54) is 0 Å². The monoisotopic (exact) mass is 352 g/mol. The van der Waals surface area contributed by atoms with Crippen LogP contribution in [0.25, 0.3) is 0 Å². The summed E-state index contributed by atoms with van der Waals surface area (Å²) in [5.74, 6) is 0.800. The summed E-state index contributed by atoms with van der Waals surface area (Å²) in [5.41, 5.74) is 2.69. The van der Waals surface area contributed by atoms with Gasteiger partial charge in [0.1, 0.15) is 5.76 Å². The smallest absolute Gasteiger partial charge is 0.227 e. The minimum atomic E-state index is 0.0535. The number of hydrogen-bond donors (Lipinski definition) is 0. The Labute approximate surface area is 145 Å². The van der Waals surface area contributed by atoms with Crippen LogP contribution in [-0.2, 0) is 11.2 Å². The summed E-state index contributed by atoms with van der Waals surface area (Å²) in [6.45, 7) is 4.45. The highest BCUT2D eigenvalue weighted by molar-refractivity contribution is 6.42. The molecular formula is C17H18Cl2N2O2. The predicted molar refractivity (Wildman–Crippen MR) is 89.8 cm³/mol. The van der Waals surface area contributed by atoms with Crippen LogP contribution in [0.15, 0.2) is 22.7 Å². The minimum Gasteiger partial charge on any atom is -0.361 e. The van der Waals surface area contributed by atoms with Crippen LogP contribution in [0.4, 0.5) is 0 Å². The maximum atomic E-state index is 12.8. The number of rotatable bonds is 3. The molecule has 2 aromatic rings. The van der Waals surface area contributed by atoms with Crippen molar-refractivity contribution < 1.29 is 9.32 Å². The molecule has 1 aliphatic rings. The molecule has 0 bridgehead atoms. The Morgan fingerprint density at radius 1 is 1.35 bits per heavy atom. The van der Waals surface area contributed by atoms with Gasteiger partial charge in [-0.05, 0) is 44.4 Å². The second kappa shape index (κ2) is 6.54. The van der Waals surface area contributed by atoms with Gasteiger partial charge in [0.15, 0.2) is 0 Å². The van der Waals surface area contributed by atoms with Crippen LogP contribution in [0.2, 0.25) is 10.0 Å².